The highest BCUT2D eigenvalue weighted by Crippen LogP contribution is 2.18. The van der Waals surface area contributed by atoms with Gasteiger partial charge in [-0.2, -0.15) is 0 Å². The molecule has 0 bridgehead atoms. The van der Waals surface area contributed by atoms with E-state index in [0.717, 1.165) is 5.06 Å². The molecule has 1 rings (SSSR count). The molecule has 4 nitrogen and oxygen atoms in total. The van der Waals surface area contributed by atoms with E-state index < -0.39 is 5.54 Å². The topological polar surface area (TPSA) is 49.8 Å². The van der Waals surface area contributed by atoms with Crippen LogP contribution >= 0.6 is 0 Å². The first-order valence-corrected chi connectivity index (χ1v) is 5.62. The summed E-state index contributed by atoms with van der Waals surface area (Å²) in [6.07, 6.45) is 6.43. The van der Waals surface area contributed by atoms with Crippen LogP contribution in [-0.4, -0.2) is 28.2 Å². The van der Waals surface area contributed by atoms with E-state index in [0.29, 0.717) is 17.9 Å². The third kappa shape index (κ3) is 3.46. The standard InChI is InChI=1S/C13H19NO3/c1-5-17-11-8-6-7-10(12(11)15)9-14(16)13(2,3)4/h6-9,16H,5H2,1-4H3. The molecule has 0 saturated heterocycles. The average molecular weight is 237 g/mol. The fourth-order valence-corrected chi connectivity index (χ4v) is 1.23. The highest BCUT2D eigenvalue weighted by molar-refractivity contribution is 6.10. The molecule has 0 heterocycles. The van der Waals surface area contributed by atoms with Crippen LogP contribution in [0.3, 0.4) is 0 Å². The highest BCUT2D eigenvalue weighted by Gasteiger charge is 2.21. The predicted octanol–water partition coefficient (Wildman–Crippen LogP) is 2.42. The van der Waals surface area contributed by atoms with Gasteiger partial charge in [-0.3, -0.25) is 15.1 Å². The number of ketones is 1. The second kappa shape index (κ2) is 5.19. The molecule has 1 N–H and O–H groups in total. The second-order valence-corrected chi connectivity index (χ2v) is 4.75. The molecule has 94 valence electrons. The molecule has 1 aliphatic carbocycles. The van der Waals surface area contributed by atoms with Crippen molar-refractivity contribution in [3.05, 3.63) is 35.8 Å². The number of carbonyl (C=O) groups is 1. The van der Waals surface area contributed by atoms with Crippen LogP contribution < -0.4 is 0 Å². The van der Waals surface area contributed by atoms with E-state index in [4.69, 9.17) is 4.74 Å². The summed E-state index contributed by atoms with van der Waals surface area (Å²) in [4.78, 5) is 11.9. The number of rotatable bonds is 3. The summed E-state index contributed by atoms with van der Waals surface area (Å²) in [5, 5.41) is 10.8. The number of ether oxygens (including phenoxy) is 1. The van der Waals surface area contributed by atoms with E-state index in [1.165, 1.54) is 6.20 Å². The van der Waals surface area contributed by atoms with Gasteiger partial charge in [0.15, 0.2) is 5.76 Å². The molecule has 0 fully saturated rings. The van der Waals surface area contributed by atoms with E-state index in [2.05, 4.69) is 0 Å². The van der Waals surface area contributed by atoms with Crippen LogP contribution in [0, 0.1) is 0 Å². The Morgan fingerprint density at radius 3 is 2.65 bits per heavy atom. The summed E-state index contributed by atoms with van der Waals surface area (Å²) < 4.78 is 5.21. The van der Waals surface area contributed by atoms with Crippen molar-refractivity contribution in [3.63, 3.8) is 0 Å². The van der Waals surface area contributed by atoms with Crippen LogP contribution in [0.15, 0.2) is 35.8 Å². The summed E-state index contributed by atoms with van der Waals surface area (Å²) in [6, 6.07) is 0. The lowest BCUT2D eigenvalue weighted by Gasteiger charge is -2.28. The quantitative estimate of drug-likeness (QED) is 0.605. The molecule has 0 aromatic carbocycles. The number of Topliss-reactive ketones (excluding diaryl/α,β-unsaturated/α-hetero) is 1. The summed E-state index contributed by atoms with van der Waals surface area (Å²) >= 11 is 0. The molecule has 1 aliphatic rings. The molecule has 0 amide bonds. The Hall–Kier alpha value is -1.55. The minimum atomic E-state index is -0.450. The normalized spacial score (nSPS) is 18.3. The Bertz CT molecular complexity index is 386. The van der Waals surface area contributed by atoms with Gasteiger partial charge in [-0.1, -0.05) is 6.08 Å². The summed E-state index contributed by atoms with van der Waals surface area (Å²) in [5.41, 5.74) is -0.0398. The number of hydrogen-bond donors (Lipinski definition) is 1. The first-order valence-electron chi connectivity index (χ1n) is 5.62. The Morgan fingerprint density at radius 2 is 2.12 bits per heavy atom. The molecule has 0 unspecified atom stereocenters. The molecule has 0 atom stereocenters. The van der Waals surface area contributed by atoms with Crippen molar-refractivity contribution in [1.82, 2.24) is 5.06 Å². The van der Waals surface area contributed by atoms with Crippen molar-refractivity contribution in [2.45, 2.75) is 33.2 Å². The summed E-state index contributed by atoms with van der Waals surface area (Å²) in [7, 11) is 0. The van der Waals surface area contributed by atoms with Crippen molar-refractivity contribution >= 4 is 5.78 Å². The summed E-state index contributed by atoms with van der Waals surface area (Å²) in [5.74, 6) is 0.0983. The summed E-state index contributed by atoms with van der Waals surface area (Å²) in [6.45, 7) is 7.81. The first kappa shape index (κ1) is 13.5. The Kier molecular flexibility index (Phi) is 4.12. The van der Waals surface area contributed by atoms with Gasteiger partial charge in [0.05, 0.1) is 12.1 Å². The Morgan fingerprint density at radius 1 is 1.47 bits per heavy atom. The minimum absolute atomic E-state index is 0.211. The predicted molar refractivity (Wildman–Crippen MR) is 65.3 cm³/mol. The van der Waals surface area contributed by atoms with Crippen LogP contribution in [0.1, 0.15) is 27.7 Å². The third-order valence-electron chi connectivity index (χ3n) is 2.26. The van der Waals surface area contributed by atoms with E-state index >= 15 is 0 Å². The van der Waals surface area contributed by atoms with Gasteiger partial charge in [0, 0.05) is 11.8 Å². The second-order valence-electron chi connectivity index (χ2n) is 4.75. The Balaban J connectivity index is 2.88. The molecule has 0 saturated carbocycles. The van der Waals surface area contributed by atoms with Crippen LogP contribution in [-0.2, 0) is 9.53 Å². The van der Waals surface area contributed by atoms with Crippen LogP contribution in [0.5, 0.6) is 0 Å². The van der Waals surface area contributed by atoms with E-state index in [1.54, 1.807) is 18.2 Å². The Labute approximate surface area is 102 Å². The largest absolute Gasteiger partial charge is 0.490 e. The number of nitrogens with zero attached hydrogens (tertiary/aromatic N) is 1. The maximum Gasteiger partial charge on any atom is 0.229 e. The van der Waals surface area contributed by atoms with Gasteiger partial charge in [0.1, 0.15) is 0 Å². The number of hydrogen-bond acceptors (Lipinski definition) is 4. The third-order valence-corrected chi connectivity index (χ3v) is 2.26. The van der Waals surface area contributed by atoms with Gasteiger partial charge in [-0.15, -0.1) is 0 Å². The highest BCUT2D eigenvalue weighted by atomic mass is 16.5. The van der Waals surface area contributed by atoms with Crippen LogP contribution in [0.25, 0.3) is 0 Å². The van der Waals surface area contributed by atoms with Gasteiger partial charge in [-0.05, 0) is 39.8 Å². The maximum absolute atomic E-state index is 11.9. The molecule has 4 heteroatoms. The fourth-order valence-electron chi connectivity index (χ4n) is 1.23. The smallest absolute Gasteiger partial charge is 0.229 e. The number of hydroxylamine groups is 2. The van der Waals surface area contributed by atoms with E-state index in [9.17, 15) is 10.0 Å². The molecule has 0 aromatic heterocycles. The molecule has 0 radical (unpaired) electrons. The molecule has 0 aromatic rings. The lowest BCUT2D eigenvalue weighted by atomic mass is 10.0. The van der Waals surface area contributed by atoms with E-state index in [-0.39, 0.29) is 5.78 Å². The molecule has 0 aliphatic heterocycles. The SMILES string of the molecule is CCOC1=CC=CC(=CN(O)C(C)(C)C)C1=O. The fraction of sp³-hybridized carbons (Fsp3) is 0.462. The lowest BCUT2D eigenvalue weighted by Crippen LogP contribution is -2.35. The molecule has 17 heavy (non-hydrogen) atoms. The minimum Gasteiger partial charge on any atom is -0.490 e. The zero-order chi connectivity index (χ0) is 13.1. The number of allylic oxidation sites excluding steroid dienone is 4. The molecular weight excluding hydrogens is 218 g/mol. The van der Waals surface area contributed by atoms with Crippen molar-refractivity contribution in [2.75, 3.05) is 6.61 Å². The van der Waals surface area contributed by atoms with Gasteiger partial charge in [0.2, 0.25) is 5.78 Å². The van der Waals surface area contributed by atoms with Gasteiger partial charge in [-0.25, -0.2) is 0 Å². The van der Waals surface area contributed by atoms with Gasteiger partial charge in [0.25, 0.3) is 0 Å². The van der Waals surface area contributed by atoms with Crippen molar-refractivity contribution in [3.8, 4) is 0 Å². The molecule has 0 spiro atoms. The zero-order valence-corrected chi connectivity index (χ0v) is 10.7. The van der Waals surface area contributed by atoms with Crippen LogP contribution in [0.4, 0.5) is 0 Å². The van der Waals surface area contributed by atoms with Gasteiger partial charge >= 0.3 is 0 Å². The van der Waals surface area contributed by atoms with Gasteiger partial charge < -0.3 is 4.74 Å². The zero-order valence-electron chi connectivity index (χ0n) is 10.7. The molecular formula is C13H19NO3. The van der Waals surface area contributed by atoms with Crippen molar-refractivity contribution in [2.24, 2.45) is 0 Å². The average Bonchev–Trinajstić information content (AvgIpc) is 2.22. The maximum atomic E-state index is 11.9. The van der Waals surface area contributed by atoms with Crippen molar-refractivity contribution in [1.29, 1.82) is 0 Å². The monoisotopic (exact) mass is 237 g/mol. The lowest BCUT2D eigenvalue weighted by molar-refractivity contribution is -0.119. The van der Waals surface area contributed by atoms with Crippen molar-refractivity contribution < 1.29 is 14.7 Å². The number of carbonyl (C=O) groups excluding carboxylic acids is 1. The van der Waals surface area contributed by atoms with Crippen LogP contribution in [0.2, 0.25) is 0 Å². The van der Waals surface area contributed by atoms with E-state index in [1.807, 2.05) is 27.7 Å². The first-order chi connectivity index (χ1) is 7.86.